The first kappa shape index (κ1) is 12.6. The van der Waals surface area contributed by atoms with E-state index < -0.39 is 10.0 Å². The molecule has 0 aliphatic carbocycles. The van der Waals surface area contributed by atoms with Gasteiger partial charge in [-0.3, -0.25) is 0 Å². The van der Waals surface area contributed by atoms with Crippen molar-refractivity contribution in [2.24, 2.45) is 10.3 Å². The number of halogens is 1. The highest BCUT2D eigenvalue weighted by molar-refractivity contribution is 9.10. The van der Waals surface area contributed by atoms with Crippen LogP contribution in [0.4, 0.5) is 5.69 Å². The predicted octanol–water partition coefficient (Wildman–Crippen LogP) is 3.01. The Kier molecular flexibility index (Phi) is 3.27. The molecule has 6 heteroatoms. The van der Waals surface area contributed by atoms with E-state index in [1.165, 1.54) is 0 Å². The molecule has 4 nitrogen and oxygen atoms in total. The van der Waals surface area contributed by atoms with Gasteiger partial charge in [0.1, 0.15) is 10.7 Å². The van der Waals surface area contributed by atoms with E-state index in [9.17, 15) is 8.42 Å². The lowest BCUT2D eigenvalue weighted by Crippen LogP contribution is -2.22. The molecule has 0 unspecified atom stereocenters. The van der Waals surface area contributed by atoms with Crippen LogP contribution in [0.1, 0.15) is 20.3 Å². The molecule has 17 heavy (non-hydrogen) atoms. The number of fused-ring (bicyclic) bond motifs is 1. The fourth-order valence-electron chi connectivity index (χ4n) is 1.66. The summed E-state index contributed by atoms with van der Waals surface area (Å²) in [5.41, 5.74) is 0.596. The lowest BCUT2D eigenvalue weighted by Gasteiger charge is -2.19. The van der Waals surface area contributed by atoms with Crippen molar-refractivity contribution in [2.45, 2.75) is 25.2 Å². The Morgan fingerprint density at radius 3 is 2.76 bits per heavy atom. The van der Waals surface area contributed by atoms with E-state index >= 15 is 0 Å². The molecule has 0 fully saturated rings. The summed E-state index contributed by atoms with van der Waals surface area (Å²) in [5.74, 6) is 0.864. The van der Waals surface area contributed by atoms with Gasteiger partial charge in [-0.15, -0.1) is 4.40 Å². The van der Waals surface area contributed by atoms with Gasteiger partial charge in [0.25, 0.3) is 10.0 Å². The molecule has 0 aromatic heterocycles. The van der Waals surface area contributed by atoms with Gasteiger partial charge < -0.3 is 5.32 Å². The summed E-state index contributed by atoms with van der Waals surface area (Å²) in [6, 6.07) is 5.11. The third-order valence-electron chi connectivity index (χ3n) is 2.33. The van der Waals surface area contributed by atoms with Crippen molar-refractivity contribution in [3.8, 4) is 0 Å². The van der Waals surface area contributed by atoms with Crippen molar-refractivity contribution in [3.63, 3.8) is 0 Å². The number of nitrogens with zero attached hydrogens (tertiary/aromatic N) is 1. The second kappa shape index (κ2) is 4.42. The van der Waals surface area contributed by atoms with Crippen molar-refractivity contribution < 1.29 is 8.42 Å². The number of rotatable bonds is 2. The molecule has 1 aliphatic rings. The van der Waals surface area contributed by atoms with E-state index in [4.69, 9.17) is 0 Å². The van der Waals surface area contributed by atoms with Gasteiger partial charge in [-0.2, -0.15) is 8.42 Å². The fourth-order valence-corrected chi connectivity index (χ4v) is 3.35. The summed E-state index contributed by atoms with van der Waals surface area (Å²) in [6.45, 7) is 4.04. The minimum absolute atomic E-state index is 0.222. The van der Waals surface area contributed by atoms with Crippen molar-refractivity contribution in [1.29, 1.82) is 0 Å². The Labute approximate surface area is 109 Å². The van der Waals surface area contributed by atoms with Gasteiger partial charge in [0.05, 0.1) is 5.69 Å². The first-order valence-corrected chi connectivity index (χ1v) is 7.52. The maximum atomic E-state index is 12.0. The zero-order valence-corrected chi connectivity index (χ0v) is 12.0. The molecule has 1 aromatic carbocycles. The molecular weight excluding hydrogens is 304 g/mol. The minimum atomic E-state index is -3.56. The quantitative estimate of drug-likeness (QED) is 0.912. The SMILES string of the molecule is CC(C)CC1=NS(=O)(=O)c2cc(Br)ccc2N1. The van der Waals surface area contributed by atoms with Crippen LogP contribution in [0.5, 0.6) is 0 Å². The van der Waals surface area contributed by atoms with Crippen LogP contribution in [0.15, 0.2) is 32.0 Å². The van der Waals surface area contributed by atoms with Gasteiger partial charge in [0.2, 0.25) is 0 Å². The predicted molar refractivity (Wildman–Crippen MR) is 71.8 cm³/mol. The molecule has 0 saturated carbocycles. The smallest absolute Gasteiger partial charge is 0.286 e. The van der Waals surface area contributed by atoms with Crippen LogP contribution in [0.3, 0.4) is 0 Å². The highest BCUT2D eigenvalue weighted by Crippen LogP contribution is 2.30. The fraction of sp³-hybridized carbons (Fsp3) is 0.364. The zero-order chi connectivity index (χ0) is 12.6. The highest BCUT2D eigenvalue weighted by atomic mass is 79.9. The van der Waals surface area contributed by atoms with E-state index in [0.29, 0.717) is 23.9 Å². The Morgan fingerprint density at radius 2 is 2.12 bits per heavy atom. The van der Waals surface area contributed by atoms with Gasteiger partial charge in [0, 0.05) is 10.9 Å². The zero-order valence-electron chi connectivity index (χ0n) is 9.57. The number of benzene rings is 1. The van der Waals surface area contributed by atoms with E-state index in [0.717, 1.165) is 4.47 Å². The van der Waals surface area contributed by atoms with Gasteiger partial charge in [0.15, 0.2) is 0 Å². The lowest BCUT2D eigenvalue weighted by molar-refractivity contribution is 0.597. The van der Waals surface area contributed by atoms with Crippen molar-refractivity contribution in [2.75, 3.05) is 5.32 Å². The molecule has 0 bridgehead atoms. The monoisotopic (exact) mass is 316 g/mol. The van der Waals surface area contributed by atoms with Crippen molar-refractivity contribution in [3.05, 3.63) is 22.7 Å². The Hall–Kier alpha value is -0.880. The first-order chi connectivity index (χ1) is 7.88. The van der Waals surface area contributed by atoms with Gasteiger partial charge in [-0.25, -0.2) is 0 Å². The van der Waals surface area contributed by atoms with E-state index in [2.05, 4.69) is 25.6 Å². The maximum absolute atomic E-state index is 12.0. The maximum Gasteiger partial charge on any atom is 0.286 e. The molecule has 1 aromatic rings. The largest absolute Gasteiger partial charge is 0.342 e. The molecule has 0 saturated heterocycles. The number of nitrogens with one attached hydrogen (secondary N) is 1. The Morgan fingerprint density at radius 1 is 1.41 bits per heavy atom. The van der Waals surface area contributed by atoms with Gasteiger partial charge >= 0.3 is 0 Å². The van der Waals surface area contributed by atoms with E-state index in [1.54, 1.807) is 18.2 Å². The molecule has 1 heterocycles. The summed E-state index contributed by atoms with van der Waals surface area (Å²) >= 11 is 3.26. The average molecular weight is 317 g/mol. The van der Waals surface area contributed by atoms with Crippen molar-refractivity contribution >= 4 is 37.5 Å². The normalized spacial score (nSPS) is 17.3. The summed E-state index contributed by atoms with van der Waals surface area (Å²) < 4.78 is 28.5. The molecule has 0 spiro atoms. The van der Waals surface area contributed by atoms with Crippen LogP contribution in [-0.4, -0.2) is 14.3 Å². The van der Waals surface area contributed by atoms with Crippen LogP contribution < -0.4 is 5.32 Å². The molecule has 92 valence electrons. The third-order valence-corrected chi connectivity index (χ3v) is 4.18. The highest BCUT2D eigenvalue weighted by Gasteiger charge is 2.25. The van der Waals surface area contributed by atoms with Crippen LogP contribution in [-0.2, 0) is 10.0 Å². The van der Waals surface area contributed by atoms with Crippen LogP contribution in [0.25, 0.3) is 0 Å². The first-order valence-electron chi connectivity index (χ1n) is 5.29. The molecule has 0 amide bonds. The lowest BCUT2D eigenvalue weighted by atomic mass is 10.1. The number of sulfonamides is 1. The summed E-state index contributed by atoms with van der Waals surface area (Å²) in [5, 5.41) is 3.06. The number of hydrogen-bond acceptors (Lipinski definition) is 3. The molecule has 0 atom stereocenters. The third kappa shape index (κ3) is 2.69. The average Bonchev–Trinajstić information content (AvgIpc) is 2.17. The molecule has 2 rings (SSSR count). The molecule has 0 radical (unpaired) electrons. The Balaban J connectivity index is 2.47. The van der Waals surface area contributed by atoms with Crippen LogP contribution in [0, 0.1) is 5.92 Å². The second-order valence-electron chi connectivity index (χ2n) is 4.38. The van der Waals surface area contributed by atoms with E-state index in [1.807, 2.05) is 13.8 Å². The van der Waals surface area contributed by atoms with Crippen LogP contribution in [0.2, 0.25) is 0 Å². The second-order valence-corrected chi connectivity index (χ2v) is 6.86. The van der Waals surface area contributed by atoms with Gasteiger partial charge in [-0.1, -0.05) is 29.8 Å². The van der Waals surface area contributed by atoms with Crippen LogP contribution >= 0.6 is 15.9 Å². The molecule has 1 N–H and O–H groups in total. The van der Waals surface area contributed by atoms with Gasteiger partial charge in [-0.05, 0) is 24.1 Å². The number of anilines is 1. The summed E-state index contributed by atoms with van der Waals surface area (Å²) in [4.78, 5) is 0.222. The standard InChI is InChI=1S/C11H13BrN2O2S/c1-7(2)5-11-13-9-4-3-8(12)6-10(9)17(15,16)14-11/h3-4,6-7H,5H2,1-2H3,(H,13,14). The van der Waals surface area contributed by atoms with E-state index in [-0.39, 0.29) is 4.90 Å². The number of amidine groups is 1. The molecule has 1 aliphatic heterocycles. The minimum Gasteiger partial charge on any atom is -0.342 e. The number of hydrogen-bond donors (Lipinski definition) is 1. The molecular formula is C11H13BrN2O2S. The van der Waals surface area contributed by atoms with Crippen molar-refractivity contribution in [1.82, 2.24) is 0 Å². The summed E-state index contributed by atoms with van der Waals surface area (Å²) in [7, 11) is -3.56. The Bertz CT molecular complexity index is 579. The summed E-state index contributed by atoms with van der Waals surface area (Å²) in [6.07, 6.45) is 0.620. The topological polar surface area (TPSA) is 58.5 Å².